The smallest absolute Gasteiger partial charge is 0.304 e. The molecule has 1 aliphatic rings. The Bertz CT molecular complexity index is 833. The first kappa shape index (κ1) is 19.9. The van der Waals surface area contributed by atoms with Crippen molar-refractivity contribution in [3.05, 3.63) is 47.8 Å². The summed E-state index contributed by atoms with van der Waals surface area (Å²) in [7, 11) is 0. The highest BCUT2D eigenvalue weighted by Gasteiger charge is 2.31. The third-order valence-corrected chi connectivity index (χ3v) is 4.94. The summed E-state index contributed by atoms with van der Waals surface area (Å²) in [4.78, 5) is 27.2. The number of nitrogens with zero attached hydrogens (tertiary/aromatic N) is 4. The van der Waals surface area contributed by atoms with E-state index in [0.717, 1.165) is 4.68 Å². The van der Waals surface area contributed by atoms with E-state index < -0.39 is 24.0 Å². The van der Waals surface area contributed by atoms with Crippen LogP contribution in [-0.2, 0) is 4.79 Å². The Kier molecular flexibility index (Phi) is 6.03. The Labute approximate surface area is 161 Å². The number of alkyl halides is 2. The average Bonchev–Trinajstić information content (AvgIpc) is 3.13. The topological polar surface area (TPSA) is 78.7 Å². The SMILES string of the molecule is CC(CC(=O)O)N1CCN(C(=O)c2cnn(-c3ccccc3)c2C(F)F)CC1. The van der Waals surface area contributed by atoms with E-state index in [1.54, 1.807) is 30.3 Å². The van der Waals surface area contributed by atoms with E-state index in [1.165, 1.54) is 11.1 Å². The highest BCUT2D eigenvalue weighted by molar-refractivity contribution is 5.95. The third-order valence-electron chi connectivity index (χ3n) is 4.94. The molecule has 1 aliphatic heterocycles. The molecule has 1 atom stereocenters. The van der Waals surface area contributed by atoms with Crippen LogP contribution < -0.4 is 0 Å². The predicted octanol–water partition coefficient (Wildman–Crippen LogP) is 2.43. The second kappa shape index (κ2) is 8.47. The number of rotatable bonds is 6. The lowest BCUT2D eigenvalue weighted by Gasteiger charge is -2.37. The minimum Gasteiger partial charge on any atom is -0.481 e. The number of aromatic nitrogens is 2. The molecule has 1 N–H and O–H groups in total. The number of piperazine rings is 1. The van der Waals surface area contributed by atoms with E-state index in [1.807, 2.05) is 11.8 Å². The number of benzene rings is 1. The molecule has 150 valence electrons. The second-order valence-electron chi connectivity index (χ2n) is 6.77. The van der Waals surface area contributed by atoms with Crippen molar-refractivity contribution in [1.82, 2.24) is 19.6 Å². The number of carboxylic acids is 1. The summed E-state index contributed by atoms with van der Waals surface area (Å²) >= 11 is 0. The molecule has 0 radical (unpaired) electrons. The van der Waals surface area contributed by atoms with Crippen LogP contribution in [0.4, 0.5) is 8.78 Å². The Morgan fingerprint density at radius 3 is 2.36 bits per heavy atom. The van der Waals surface area contributed by atoms with Gasteiger partial charge in [0.15, 0.2) is 0 Å². The van der Waals surface area contributed by atoms with Crippen molar-refractivity contribution in [3.63, 3.8) is 0 Å². The van der Waals surface area contributed by atoms with Gasteiger partial charge < -0.3 is 10.0 Å². The first-order chi connectivity index (χ1) is 13.4. The molecule has 1 saturated heterocycles. The van der Waals surface area contributed by atoms with Gasteiger partial charge >= 0.3 is 5.97 Å². The first-order valence-corrected chi connectivity index (χ1v) is 9.05. The summed E-state index contributed by atoms with van der Waals surface area (Å²) in [6, 6.07) is 8.35. The maximum absolute atomic E-state index is 13.7. The van der Waals surface area contributed by atoms with Crippen LogP contribution in [0.25, 0.3) is 5.69 Å². The number of amides is 1. The molecule has 2 heterocycles. The molecule has 0 bridgehead atoms. The maximum Gasteiger partial charge on any atom is 0.304 e. The number of para-hydroxylation sites is 1. The quantitative estimate of drug-likeness (QED) is 0.817. The normalized spacial score (nSPS) is 16.4. The molecule has 0 aliphatic carbocycles. The molecule has 0 saturated carbocycles. The average molecular weight is 392 g/mol. The Hall–Kier alpha value is -2.81. The number of halogens is 2. The van der Waals surface area contributed by atoms with Gasteiger partial charge in [-0.1, -0.05) is 18.2 Å². The number of hydrogen-bond acceptors (Lipinski definition) is 4. The predicted molar refractivity (Wildman–Crippen MR) is 97.7 cm³/mol. The van der Waals surface area contributed by atoms with E-state index >= 15 is 0 Å². The Morgan fingerprint density at radius 2 is 1.79 bits per heavy atom. The number of aliphatic carboxylic acids is 1. The molecule has 9 heteroatoms. The van der Waals surface area contributed by atoms with Crippen LogP contribution in [0.15, 0.2) is 36.5 Å². The molecule has 3 rings (SSSR count). The minimum absolute atomic E-state index is 0.0212. The summed E-state index contributed by atoms with van der Waals surface area (Å²) in [6.45, 7) is 3.52. The van der Waals surface area contributed by atoms with Gasteiger partial charge in [-0.25, -0.2) is 13.5 Å². The number of carbonyl (C=O) groups is 2. The van der Waals surface area contributed by atoms with E-state index in [9.17, 15) is 18.4 Å². The zero-order valence-corrected chi connectivity index (χ0v) is 15.5. The summed E-state index contributed by atoms with van der Waals surface area (Å²) in [6.07, 6.45) is -1.64. The van der Waals surface area contributed by atoms with Gasteiger partial charge in [0, 0.05) is 32.2 Å². The minimum atomic E-state index is -2.85. The van der Waals surface area contributed by atoms with Crippen molar-refractivity contribution in [2.24, 2.45) is 0 Å². The molecule has 1 unspecified atom stereocenters. The van der Waals surface area contributed by atoms with Crippen molar-refractivity contribution in [2.75, 3.05) is 26.2 Å². The van der Waals surface area contributed by atoms with Gasteiger partial charge in [-0.05, 0) is 19.1 Å². The van der Waals surface area contributed by atoms with Gasteiger partial charge in [-0.3, -0.25) is 14.5 Å². The molecule has 1 aromatic heterocycles. The number of carbonyl (C=O) groups excluding carboxylic acids is 1. The Balaban J connectivity index is 1.75. The van der Waals surface area contributed by atoms with Crippen LogP contribution in [0.5, 0.6) is 0 Å². The van der Waals surface area contributed by atoms with Crippen LogP contribution in [0, 0.1) is 0 Å². The first-order valence-electron chi connectivity index (χ1n) is 9.05. The largest absolute Gasteiger partial charge is 0.481 e. The molecule has 1 aromatic carbocycles. The second-order valence-corrected chi connectivity index (χ2v) is 6.77. The zero-order chi connectivity index (χ0) is 20.3. The van der Waals surface area contributed by atoms with E-state index in [0.29, 0.717) is 31.9 Å². The van der Waals surface area contributed by atoms with E-state index in [-0.39, 0.29) is 18.0 Å². The lowest BCUT2D eigenvalue weighted by molar-refractivity contribution is -0.138. The van der Waals surface area contributed by atoms with Crippen LogP contribution in [0.1, 0.15) is 35.8 Å². The van der Waals surface area contributed by atoms with Crippen molar-refractivity contribution in [1.29, 1.82) is 0 Å². The lowest BCUT2D eigenvalue weighted by atomic mass is 10.1. The van der Waals surface area contributed by atoms with Gasteiger partial charge in [0.05, 0.1) is 23.9 Å². The van der Waals surface area contributed by atoms with Crippen molar-refractivity contribution < 1.29 is 23.5 Å². The summed E-state index contributed by atoms with van der Waals surface area (Å²) in [5, 5.41) is 12.9. The van der Waals surface area contributed by atoms with Gasteiger partial charge in [0.1, 0.15) is 5.69 Å². The van der Waals surface area contributed by atoms with Crippen LogP contribution in [-0.4, -0.2) is 68.8 Å². The molecular formula is C19H22F2N4O3. The van der Waals surface area contributed by atoms with Gasteiger partial charge in [0.25, 0.3) is 12.3 Å². The fourth-order valence-electron chi connectivity index (χ4n) is 3.43. The molecule has 1 fully saturated rings. The molecule has 0 spiro atoms. The molecule has 2 aromatic rings. The van der Waals surface area contributed by atoms with Crippen LogP contribution in [0.3, 0.4) is 0 Å². The monoisotopic (exact) mass is 392 g/mol. The van der Waals surface area contributed by atoms with Crippen LogP contribution in [0.2, 0.25) is 0 Å². The molecule has 28 heavy (non-hydrogen) atoms. The zero-order valence-electron chi connectivity index (χ0n) is 15.5. The third kappa shape index (κ3) is 4.19. The van der Waals surface area contributed by atoms with E-state index in [2.05, 4.69) is 5.10 Å². The highest BCUT2D eigenvalue weighted by Crippen LogP contribution is 2.27. The van der Waals surface area contributed by atoms with Crippen molar-refractivity contribution in [3.8, 4) is 5.69 Å². The molecule has 7 nitrogen and oxygen atoms in total. The fraction of sp³-hybridized carbons (Fsp3) is 0.421. The van der Waals surface area contributed by atoms with Gasteiger partial charge in [-0.2, -0.15) is 5.10 Å². The molecule has 1 amide bonds. The fourth-order valence-corrected chi connectivity index (χ4v) is 3.43. The summed E-state index contributed by atoms with van der Waals surface area (Å²) in [5.74, 6) is -1.36. The van der Waals surface area contributed by atoms with E-state index in [4.69, 9.17) is 5.11 Å². The summed E-state index contributed by atoms with van der Waals surface area (Å²) < 4.78 is 28.6. The van der Waals surface area contributed by atoms with Crippen molar-refractivity contribution in [2.45, 2.75) is 25.8 Å². The maximum atomic E-state index is 13.7. The lowest BCUT2D eigenvalue weighted by Crippen LogP contribution is -2.51. The Morgan fingerprint density at radius 1 is 1.14 bits per heavy atom. The molecular weight excluding hydrogens is 370 g/mol. The number of hydrogen-bond donors (Lipinski definition) is 1. The van der Waals surface area contributed by atoms with Crippen LogP contribution >= 0.6 is 0 Å². The highest BCUT2D eigenvalue weighted by atomic mass is 19.3. The summed E-state index contributed by atoms with van der Waals surface area (Å²) in [5.41, 5.74) is -0.0621. The van der Waals surface area contributed by atoms with Crippen molar-refractivity contribution >= 4 is 11.9 Å². The number of carboxylic acid groups (broad SMARTS) is 1. The van der Waals surface area contributed by atoms with Gasteiger partial charge in [0.2, 0.25) is 0 Å². The standard InChI is InChI=1S/C19H22F2N4O3/c1-13(11-16(26)27)23-7-9-24(10-8-23)19(28)15-12-22-25(17(15)18(20)21)14-5-3-2-4-6-14/h2-6,12-13,18H,7-11H2,1H3,(H,26,27). The van der Waals surface area contributed by atoms with Gasteiger partial charge in [-0.15, -0.1) is 0 Å².